The highest BCUT2D eigenvalue weighted by molar-refractivity contribution is 9.10. The molecular formula is C20H14BrClN2O3S. The van der Waals surface area contributed by atoms with Crippen LogP contribution in [0.4, 0.5) is 0 Å². The number of allylic oxidation sites excluding steroid dienone is 2. The van der Waals surface area contributed by atoms with E-state index in [4.69, 9.17) is 16.0 Å². The molecule has 1 saturated carbocycles. The van der Waals surface area contributed by atoms with Crippen LogP contribution in [0.2, 0.25) is 5.02 Å². The monoisotopic (exact) mass is 476 g/mol. The number of rotatable bonds is 4. The normalized spacial score (nSPS) is 28.1. The summed E-state index contributed by atoms with van der Waals surface area (Å²) in [5.41, 5.74) is 0. The third-order valence-corrected chi connectivity index (χ3v) is 7.55. The van der Waals surface area contributed by atoms with Crippen LogP contribution < -0.4 is 0 Å². The molecule has 2 aromatic rings. The Hall–Kier alpha value is -1.83. The van der Waals surface area contributed by atoms with Gasteiger partial charge in [0.05, 0.1) is 22.5 Å². The van der Waals surface area contributed by atoms with Crippen LogP contribution in [-0.4, -0.2) is 23.0 Å². The number of nitrogens with zero attached hydrogens (tertiary/aromatic N) is 2. The highest BCUT2D eigenvalue weighted by atomic mass is 79.9. The Morgan fingerprint density at radius 3 is 2.43 bits per heavy atom. The third kappa shape index (κ3) is 2.96. The van der Waals surface area contributed by atoms with Crippen molar-refractivity contribution in [1.82, 2.24) is 5.01 Å². The van der Waals surface area contributed by atoms with E-state index < -0.39 is 0 Å². The Morgan fingerprint density at radius 2 is 1.79 bits per heavy atom. The topological polar surface area (TPSA) is 62.9 Å². The van der Waals surface area contributed by atoms with Gasteiger partial charge in [-0.1, -0.05) is 35.5 Å². The van der Waals surface area contributed by atoms with Crippen molar-refractivity contribution in [3.63, 3.8) is 0 Å². The molecule has 0 unspecified atom stereocenters. The van der Waals surface area contributed by atoms with Crippen LogP contribution in [0.25, 0.3) is 0 Å². The van der Waals surface area contributed by atoms with E-state index in [1.54, 1.807) is 6.07 Å². The summed E-state index contributed by atoms with van der Waals surface area (Å²) < 4.78 is 6.57. The van der Waals surface area contributed by atoms with Crippen molar-refractivity contribution >= 4 is 57.3 Å². The number of amides is 2. The number of benzene rings is 1. The second kappa shape index (κ2) is 6.90. The Balaban J connectivity index is 1.33. The maximum atomic E-state index is 12.7. The van der Waals surface area contributed by atoms with Crippen molar-refractivity contribution in [2.24, 2.45) is 28.8 Å². The van der Waals surface area contributed by atoms with Crippen LogP contribution in [-0.2, 0) is 9.59 Å². The summed E-state index contributed by atoms with van der Waals surface area (Å²) in [5.74, 6) is -0.104. The van der Waals surface area contributed by atoms with Crippen LogP contribution >= 0.6 is 39.3 Å². The van der Waals surface area contributed by atoms with Crippen molar-refractivity contribution in [1.29, 1.82) is 0 Å². The first-order chi connectivity index (χ1) is 13.5. The quantitative estimate of drug-likeness (QED) is 0.354. The number of carbonyl (C=O) groups excluding carboxylic acids is 2. The number of halogens is 2. The maximum absolute atomic E-state index is 12.7. The lowest BCUT2D eigenvalue weighted by atomic mass is 9.85. The highest BCUT2D eigenvalue weighted by Crippen LogP contribution is 2.52. The number of hydrogen-bond donors (Lipinski definition) is 0. The smallest absolute Gasteiger partial charge is 0.254 e. The molecule has 0 N–H and O–H groups in total. The SMILES string of the molecule is O=C1[C@@H]2[C@H](C(=O)N1N=Cc1cc(Br)c(Sc3ccc(Cl)cc3)o1)[C@H]1C=C[C@H]2C1. The zero-order valence-corrected chi connectivity index (χ0v) is 17.6. The van der Waals surface area contributed by atoms with Gasteiger partial charge in [-0.25, -0.2) is 0 Å². The van der Waals surface area contributed by atoms with Crippen molar-refractivity contribution in [2.75, 3.05) is 0 Å². The number of fused-ring (bicyclic) bond motifs is 5. The minimum Gasteiger partial charge on any atom is -0.447 e. The first kappa shape index (κ1) is 18.2. The van der Waals surface area contributed by atoms with Gasteiger partial charge in [0.15, 0.2) is 5.09 Å². The lowest BCUT2D eigenvalue weighted by Gasteiger charge is -2.13. The predicted octanol–water partition coefficient (Wildman–Crippen LogP) is 4.99. The summed E-state index contributed by atoms with van der Waals surface area (Å²) in [5, 5.41) is 6.49. The summed E-state index contributed by atoms with van der Waals surface area (Å²) in [6, 6.07) is 9.19. The van der Waals surface area contributed by atoms with Gasteiger partial charge >= 0.3 is 0 Å². The molecule has 1 aromatic heterocycles. The van der Waals surface area contributed by atoms with E-state index in [0.29, 0.717) is 15.9 Å². The van der Waals surface area contributed by atoms with Crippen LogP contribution in [0.1, 0.15) is 12.2 Å². The van der Waals surface area contributed by atoms with Crippen molar-refractivity contribution in [2.45, 2.75) is 16.4 Å². The van der Waals surface area contributed by atoms with Gasteiger partial charge in [-0.2, -0.15) is 10.1 Å². The van der Waals surface area contributed by atoms with Crippen molar-refractivity contribution < 1.29 is 14.0 Å². The zero-order valence-electron chi connectivity index (χ0n) is 14.4. The molecule has 5 rings (SSSR count). The van der Waals surface area contributed by atoms with Crippen LogP contribution in [0.3, 0.4) is 0 Å². The minimum atomic E-state index is -0.251. The second-order valence-corrected chi connectivity index (χ2v) is 9.41. The van der Waals surface area contributed by atoms with Crippen molar-refractivity contribution in [3.05, 3.63) is 57.7 Å². The van der Waals surface area contributed by atoms with Gasteiger partial charge < -0.3 is 4.42 Å². The first-order valence-corrected chi connectivity index (χ1v) is 10.8. The number of hydrazone groups is 1. The summed E-state index contributed by atoms with van der Waals surface area (Å²) in [6.45, 7) is 0. The van der Waals surface area contributed by atoms with Gasteiger partial charge in [-0.3, -0.25) is 9.59 Å². The molecule has 2 amide bonds. The fraction of sp³-hybridized carbons (Fsp3) is 0.250. The summed E-state index contributed by atoms with van der Waals surface area (Å²) in [7, 11) is 0. The average molecular weight is 478 g/mol. The van der Waals surface area contributed by atoms with Gasteiger partial charge in [-0.05, 0) is 58.5 Å². The van der Waals surface area contributed by atoms with Gasteiger partial charge in [0.25, 0.3) is 11.8 Å². The molecule has 1 aliphatic heterocycles. The minimum absolute atomic E-state index is 0.173. The fourth-order valence-electron chi connectivity index (χ4n) is 4.23. The molecule has 8 heteroatoms. The Morgan fingerprint density at radius 1 is 1.14 bits per heavy atom. The lowest BCUT2D eigenvalue weighted by molar-refractivity contribution is -0.140. The highest BCUT2D eigenvalue weighted by Gasteiger charge is 2.59. The van der Waals surface area contributed by atoms with Crippen molar-refractivity contribution in [3.8, 4) is 0 Å². The van der Waals surface area contributed by atoms with Gasteiger partial charge in [0.2, 0.25) is 0 Å². The Labute approximate surface area is 178 Å². The van der Waals surface area contributed by atoms with Crippen LogP contribution in [0.15, 0.2) is 66.5 Å². The molecule has 2 bridgehead atoms. The largest absolute Gasteiger partial charge is 0.447 e. The molecular weight excluding hydrogens is 464 g/mol. The number of imide groups is 1. The second-order valence-electron chi connectivity index (χ2n) is 7.07. The molecule has 28 heavy (non-hydrogen) atoms. The predicted molar refractivity (Wildman–Crippen MR) is 109 cm³/mol. The summed E-state index contributed by atoms with van der Waals surface area (Å²) in [6.07, 6.45) is 6.45. The standard InChI is InChI=1S/C20H14BrClN2O3S/c21-15-8-13(27-20(15)28-14-5-3-12(22)4-6-14)9-23-24-18(25)16-10-1-2-11(7-10)17(16)19(24)26/h1-6,8-11,16-17H,7H2/t10-,11-,16-,17+/m0/s1. The number of furan rings is 1. The molecule has 2 fully saturated rings. The molecule has 1 aromatic carbocycles. The maximum Gasteiger partial charge on any atom is 0.254 e. The van der Waals surface area contributed by atoms with E-state index in [1.807, 2.05) is 24.3 Å². The molecule has 2 aliphatic carbocycles. The van der Waals surface area contributed by atoms with Crippen LogP contribution in [0, 0.1) is 23.7 Å². The fourth-order valence-corrected chi connectivity index (χ4v) is 5.68. The average Bonchev–Trinajstić information content (AvgIpc) is 3.42. The molecule has 3 aliphatic rings. The van der Waals surface area contributed by atoms with E-state index >= 15 is 0 Å². The van der Waals surface area contributed by atoms with E-state index in [1.165, 1.54) is 18.0 Å². The molecule has 5 nitrogen and oxygen atoms in total. The summed E-state index contributed by atoms with van der Waals surface area (Å²) >= 11 is 10.8. The molecule has 1 saturated heterocycles. The molecule has 142 valence electrons. The summed E-state index contributed by atoms with van der Waals surface area (Å²) in [4.78, 5) is 26.3. The van der Waals surface area contributed by atoms with E-state index in [0.717, 1.165) is 20.8 Å². The van der Waals surface area contributed by atoms with Gasteiger partial charge in [-0.15, -0.1) is 0 Å². The lowest BCUT2D eigenvalue weighted by Crippen LogP contribution is -2.28. The van der Waals surface area contributed by atoms with Gasteiger partial charge in [0, 0.05) is 16.0 Å². The first-order valence-electron chi connectivity index (χ1n) is 8.84. The molecule has 2 heterocycles. The number of hydrogen-bond acceptors (Lipinski definition) is 5. The molecule has 4 atom stereocenters. The third-order valence-electron chi connectivity index (χ3n) is 5.45. The zero-order chi connectivity index (χ0) is 19.4. The van der Waals surface area contributed by atoms with E-state index in [-0.39, 0.29) is 35.5 Å². The molecule has 0 radical (unpaired) electrons. The number of carbonyl (C=O) groups is 2. The van der Waals surface area contributed by atoms with Crippen LogP contribution in [0.5, 0.6) is 0 Å². The molecule has 0 spiro atoms. The Bertz CT molecular complexity index is 1000. The Kier molecular flexibility index (Phi) is 4.49. The van der Waals surface area contributed by atoms with Gasteiger partial charge in [0.1, 0.15) is 5.76 Å². The van der Waals surface area contributed by atoms with E-state index in [2.05, 4.69) is 33.2 Å². The van der Waals surface area contributed by atoms with E-state index in [9.17, 15) is 9.59 Å².